The van der Waals surface area contributed by atoms with E-state index < -0.39 is 8.07 Å². The highest BCUT2D eigenvalue weighted by Gasteiger charge is 2.19. The number of hydrogen-bond acceptors (Lipinski definition) is 0. The lowest BCUT2D eigenvalue weighted by Gasteiger charge is -2.21. The van der Waals surface area contributed by atoms with Crippen molar-refractivity contribution in [3.8, 4) is 0 Å². The van der Waals surface area contributed by atoms with Crippen molar-refractivity contribution in [3.05, 3.63) is 23.3 Å². The zero-order valence-electron chi connectivity index (χ0n) is 9.65. The van der Waals surface area contributed by atoms with Crippen LogP contribution in [-0.2, 0) is 0 Å². The van der Waals surface area contributed by atoms with Gasteiger partial charge in [-0.05, 0) is 13.8 Å². The fourth-order valence-electron chi connectivity index (χ4n) is 1.82. The second-order valence-electron chi connectivity index (χ2n) is 5.00. The maximum Gasteiger partial charge on any atom is 0.0779 e. The van der Waals surface area contributed by atoms with Gasteiger partial charge in [-0.15, -0.1) is 0 Å². The highest BCUT2D eigenvalue weighted by Crippen LogP contribution is 2.06. The molecule has 0 aliphatic heterocycles. The van der Waals surface area contributed by atoms with Gasteiger partial charge in [0.1, 0.15) is 0 Å². The summed E-state index contributed by atoms with van der Waals surface area (Å²) in [5.74, 6) is 0. The minimum absolute atomic E-state index is 1.12. The molecule has 0 aliphatic rings. The van der Waals surface area contributed by atoms with E-state index in [4.69, 9.17) is 0 Å². The van der Waals surface area contributed by atoms with E-state index in [2.05, 4.69) is 45.6 Å². The predicted octanol–water partition coefficient (Wildman–Crippen LogP) is 0.839. The third-order valence-corrected chi connectivity index (χ3v) is 5.79. The number of benzene rings is 1. The van der Waals surface area contributed by atoms with Gasteiger partial charge in [-0.3, -0.25) is 0 Å². The molecule has 0 fully saturated rings. The Bertz CT molecular complexity index is 322. The van der Waals surface area contributed by atoms with Gasteiger partial charge in [0.15, 0.2) is 0 Å². The molecule has 1 rings (SSSR count). The van der Waals surface area contributed by atoms with Crippen molar-refractivity contribution >= 4 is 28.7 Å². The SMILES string of the molecule is Cc1cc([SiH3])c(C)c([Si](C)(C)C)c1. The summed E-state index contributed by atoms with van der Waals surface area (Å²) in [6.07, 6.45) is 0. The molecule has 0 bridgehead atoms. The van der Waals surface area contributed by atoms with E-state index in [-0.39, 0.29) is 0 Å². The van der Waals surface area contributed by atoms with Gasteiger partial charge in [0.2, 0.25) is 0 Å². The Labute approximate surface area is 85.8 Å². The van der Waals surface area contributed by atoms with Crippen LogP contribution in [0.25, 0.3) is 0 Å². The lowest BCUT2D eigenvalue weighted by molar-refractivity contribution is 1.44. The molecule has 1 aromatic carbocycles. The molecule has 0 saturated heterocycles. The first kappa shape index (κ1) is 10.7. The number of rotatable bonds is 1. The van der Waals surface area contributed by atoms with Crippen LogP contribution >= 0.6 is 0 Å². The molecule has 2 heteroatoms. The van der Waals surface area contributed by atoms with Crippen molar-refractivity contribution < 1.29 is 0 Å². The monoisotopic (exact) mass is 208 g/mol. The van der Waals surface area contributed by atoms with Crippen LogP contribution in [0.2, 0.25) is 19.6 Å². The second-order valence-corrected chi connectivity index (χ2v) is 11.1. The molecule has 0 saturated carbocycles. The van der Waals surface area contributed by atoms with Crippen molar-refractivity contribution in [2.75, 3.05) is 0 Å². The summed E-state index contributed by atoms with van der Waals surface area (Å²) < 4.78 is 0. The average molecular weight is 208 g/mol. The van der Waals surface area contributed by atoms with Crippen LogP contribution in [0.1, 0.15) is 11.1 Å². The minimum atomic E-state index is -1.12. The first-order valence-electron chi connectivity index (χ1n) is 4.90. The van der Waals surface area contributed by atoms with Crippen LogP contribution in [0.3, 0.4) is 0 Å². The molecule has 0 unspecified atom stereocenters. The Hall–Kier alpha value is -0.346. The molecule has 0 N–H and O–H groups in total. The largest absolute Gasteiger partial charge is 0.0779 e. The summed E-state index contributed by atoms with van der Waals surface area (Å²) in [7, 11) is 0.0608. The molecule has 0 spiro atoms. The summed E-state index contributed by atoms with van der Waals surface area (Å²) in [5.41, 5.74) is 3.00. The van der Waals surface area contributed by atoms with Crippen LogP contribution in [-0.4, -0.2) is 18.3 Å². The fourth-order valence-corrected chi connectivity index (χ4v) is 4.78. The third kappa shape index (κ3) is 2.32. The van der Waals surface area contributed by atoms with Crippen molar-refractivity contribution in [1.29, 1.82) is 0 Å². The van der Waals surface area contributed by atoms with E-state index in [1.54, 1.807) is 15.9 Å². The van der Waals surface area contributed by atoms with E-state index in [9.17, 15) is 0 Å². The average Bonchev–Trinajstić information content (AvgIpc) is 1.94. The molecule has 0 heterocycles. The number of hydrogen-bond donors (Lipinski definition) is 0. The highest BCUT2D eigenvalue weighted by molar-refractivity contribution is 6.89. The zero-order chi connectivity index (χ0) is 10.2. The molecule has 0 aromatic heterocycles. The van der Waals surface area contributed by atoms with E-state index in [1.165, 1.54) is 15.8 Å². The van der Waals surface area contributed by atoms with Gasteiger partial charge in [0.05, 0.1) is 8.07 Å². The normalized spacial score (nSPS) is 12.1. The van der Waals surface area contributed by atoms with Crippen molar-refractivity contribution in [2.45, 2.75) is 33.5 Å². The van der Waals surface area contributed by atoms with Gasteiger partial charge in [-0.1, -0.05) is 53.3 Å². The lowest BCUT2D eigenvalue weighted by atomic mass is 10.2. The van der Waals surface area contributed by atoms with Crippen LogP contribution in [0.5, 0.6) is 0 Å². The standard InChI is InChI=1S/C11H20Si2/c1-8-6-10(12)9(2)11(7-8)13(3,4)5/h6-7H,1-5,12H3. The van der Waals surface area contributed by atoms with E-state index in [0.717, 1.165) is 0 Å². The molecule has 72 valence electrons. The Kier molecular flexibility index (Phi) is 2.83. The fraction of sp³-hybridized carbons (Fsp3) is 0.455. The summed E-state index contributed by atoms with van der Waals surface area (Å²) in [6, 6.07) is 4.73. The molecule has 13 heavy (non-hydrogen) atoms. The van der Waals surface area contributed by atoms with Gasteiger partial charge in [-0.2, -0.15) is 0 Å². The summed E-state index contributed by atoms with van der Waals surface area (Å²) >= 11 is 0. The highest BCUT2D eigenvalue weighted by atomic mass is 28.3. The van der Waals surface area contributed by atoms with Gasteiger partial charge in [-0.25, -0.2) is 0 Å². The summed E-state index contributed by atoms with van der Waals surface area (Å²) in [5, 5.41) is 3.23. The quantitative estimate of drug-likeness (QED) is 0.600. The maximum absolute atomic E-state index is 2.43. The Morgan fingerprint density at radius 1 is 1.08 bits per heavy atom. The summed E-state index contributed by atoms with van der Waals surface area (Å²) in [4.78, 5) is 0. The van der Waals surface area contributed by atoms with E-state index >= 15 is 0 Å². The lowest BCUT2D eigenvalue weighted by Crippen LogP contribution is -2.42. The van der Waals surface area contributed by atoms with Crippen molar-refractivity contribution in [2.24, 2.45) is 0 Å². The second kappa shape index (κ2) is 3.42. The van der Waals surface area contributed by atoms with Gasteiger partial charge in [0, 0.05) is 10.2 Å². The summed E-state index contributed by atoms with van der Waals surface area (Å²) in [6.45, 7) is 11.8. The zero-order valence-corrected chi connectivity index (χ0v) is 12.7. The first-order chi connectivity index (χ1) is 5.82. The van der Waals surface area contributed by atoms with Crippen LogP contribution in [0.15, 0.2) is 12.1 Å². The van der Waals surface area contributed by atoms with E-state index in [1.807, 2.05) is 0 Å². The predicted molar refractivity (Wildman–Crippen MR) is 68.5 cm³/mol. The van der Waals surface area contributed by atoms with Gasteiger partial charge in [0.25, 0.3) is 0 Å². The van der Waals surface area contributed by atoms with Gasteiger partial charge < -0.3 is 0 Å². The molecular weight excluding hydrogens is 188 g/mol. The van der Waals surface area contributed by atoms with Crippen LogP contribution in [0, 0.1) is 13.8 Å². The van der Waals surface area contributed by atoms with Gasteiger partial charge >= 0.3 is 0 Å². The van der Waals surface area contributed by atoms with E-state index in [0.29, 0.717) is 0 Å². The number of aryl methyl sites for hydroxylation is 1. The Balaban J connectivity index is 3.37. The molecule has 0 nitrogen and oxygen atoms in total. The first-order valence-corrected chi connectivity index (χ1v) is 9.40. The molecular formula is C11H20Si2. The molecule has 1 aromatic rings. The van der Waals surface area contributed by atoms with Crippen molar-refractivity contribution in [1.82, 2.24) is 0 Å². The molecule has 0 aliphatic carbocycles. The van der Waals surface area contributed by atoms with Crippen LogP contribution < -0.4 is 10.4 Å². The molecule has 0 amide bonds. The van der Waals surface area contributed by atoms with Crippen molar-refractivity contribution in [3.63, 3.8) is 0 Å². The minimum Gasteiger partial charge on any atom is -0.0678 e. The van der Waals surface area contributed by atoms with Crippen LogP contribution in [0.4, 0.5) is 0 Å². The topological polar surface area (TPSA) is 0 Å². The Morgan fingerprint density at radius 2 is 1.62 bits per heavy atom. The maximum atomic E-state index is 2.43. The Morgan fingerprint density at radius 3 is 2.08 bits per heavy atom. The molecule has 0 radical (unpaired) electrons. The smallest absolute Gasteiger partial charge is 0.0678 e. The third-order valence-electron chi connectivity index (χ3n) is 2.62. The molecule has 0 atom stereocenters.